The van der Waals surface area contributed by atoms with Crippen molar-refractivity contribution in [3.8, 4) is 5.75 Å². The van der Waals surface area contributed by atoms with E-state index in [1.54, 1.807) is 43.5 Å². The van der Waals surface area contributed by atoms with Gasteiger partial charge in [-0.15, -0.1) is 0 Å². The molecule has 0 bridgehead atoms. The van der Waals surface area contributed by atoms with E-state index in [0.29, 0.717) is 17.0 Å². The van der Waals surface area contributed by atoms with Crippen LogP contribution >= 0.6 is 0 Å². The van der Waals surface area contributed by atoms with Crippen LogP contribution in [0.25, 0.3) is 5.76 Å². The van der Waals surface area contributed by atoms with Crippen LogP contribution in [0.2, 0.25) is 0 Å². The molecule has 168 valence electrons. The van der Waals surface area contributed by atoms with Gasteiger partial charge in [-0.3, -0.25) is 19.5 Å². The number of aliphatic hydroxyl groups excluding tert-OH is 1. The van der Waals surface area contributed by atoms with E-state index in [9.17, 15) is 14.7 Å². The molecule has 1 atom stereocenters. The second kappa shape index (κ2) is 8.54. The van der Waals surface area contributed by atoms with Crippen molar-refractivity contribution in [2.24, 2.45) is 0 Å². The number of aromatic nitrogens is 1. The number of hydrogen-bond acceptors (Lipinski definition) is 5. The van der Waals surface area contributed by atoms with Gasteiger partial charge in [0.2, 0.25) is 0 Å². The Morgan fingerprint density at radius 3 is 2.27 bits per heavy atom. The lowest BCUT2D eigenvalue weighted by Gasteiger charge is -2.27. The standard InChI is InChI=1S/C27H26N2O4/c1-27(2,3)19-10-8-17(9-11-19)23-22(24(30)18-12-14-28-15-13-18)25(31)26(32)29(23)20-6-5-7-21(16-20)33-4/h5-16,23,30H,1-4H3/b24-22+. The summed E-state index contributed by atoms with van der Waals surface area (Å²) in [6.45, 7) is 6.36. The highest BCUT2D eigenvalue weighted by atomic mass is 16.5. The number of rotatable bonds is 4. The van der Waals surface area contributed by atoms with Crippen LogP contribution in [0, 0.1) is 0 Å². The SMILES string of the molecule is COc1cccc(N2C(=O)C(=O)/C(=C(/O)c3ccncc3)C2c2ccc(C(C)(C)C)cc2)c1. The molecule has 6 nitrogen and oxygen atoms in total. The fraction of sp³-hybridized carbons (Fsp3) is 0.222. The third kappa shape index (κ3) is 4.12. The Morgan fingerprint density at radius 1 is 1.00 bits per heavy atom. The first-order valence-corrected chi connectivity index (χ1v) is 10.7. The van der Waals surface area contributed by atoms with E-state index in [0.717, 1.165) is 11.1 Å². The zero-order valence-corrected chi connectivity index (χ0v) is 19.1. The van der Waals surface area contributed by atoms with E-state index in [2.05, 4.69) is 25.8 Å². The Bertz CT molecular complexity index is 1220. The molecule has 0 aliphatic carbocycles. The van der Waals surface area contributed by atoms with Crippen LogP contribution in [0.1, 0.15) is 43.5 Å². The Kier molecular flexibility index (Phi) is 5.77. The van der Waals surface area contributed by atoms with Gasteiger partial charge in [0.1, 0.15) is 11.5 Å². The van der Waals surface area contributed by atoms with Crippen molar-refractivity contribution in [3.63, 3.8) is 0 Å². The third-order valence-corrected chi connectivity index (χ3v) is 5.82. The number of anilines is 1. The van der Waals surface area contributed by atoms with Gasteiger partial charge in [-0.2, -0.15) is 0 Å². The summed E-state index contributed by atoms with van der Waals surface area (Å²) >= 11 is 0. The molecule has 3 aromatic rings. The van der Waals surface area contributed by atoms with Gasteiger partial charge in [0.05, 0.1) is 18.7 Å². The summed E-state index contributed by atoms with van der Waals surface area (Å²) in [6, 6.07) is 17.2. The van der Waals surface area contributed by atoms with E-state index in [-0.39, 0.29) is 16.7 Å². The Hall–Kier alpha value is -3.93. The number of amides is 1. The highest BCUT2D eigenvalue weighted by molar-refractivity contribution is 6.51. The molecule has 1 aliphatic rings. The van der Waals surface area contributed by atoms with E-state index in [4.69, 9.17) is 4.74 Å². The van der Waals surface area contributed by atoms with Crippen molar-refractivity contribution < 1.29 is 19.4 Å². The monoisotopic (exact) mass is 442 g/mol. The average molecular weight is 443 g/mol. The van der Waals surface area contributed by atoms with E-state index in [1.165, 1.54) is 17.3 Å². The second-order valence-corrected chi connectivity index (χ2v) is 8.98. The molecule has 1 unspecified atom stereocenters. The average Bonchev–Trinajstić information content (AvgIpc) is 3.09. The summed E-state index contributed by atoms with van der Waals surface area (Å²) in [5.41, 5.74) is 2.77. The lowest BCUT2D eigenvalue weighted by atomic mass is 9.85. The van der Waals surface area contributed by atoms with Gasteiger partial charge >= 0.3 is 0 Å². The number of aliphatic hydroxyl groups is 1. The molecule has 0 radical (unpaired) electrons. The Balaban J connectivity index is 1.93. The lowest BCUT2D eigenvalue weighted by Crippen LogP contribution is -2.29. The van der Waals surface area contributed by atoms with Gasteiger partial charge in [-0.1, -0.05) is 51.1 Å². The van der Waals surface area contributed by atoms with Crippen molar-refractivity contribution in [3.05, 3.63) is 95.3 Å². The van der Waals surface area contributed by atoms with Crippen LogP contribution in [0.4, 0.5) is 5.69 Å². The molecule has 6 heteroatoms. The number of carbonyl (C=O) groups is 2. The normalized spacial score (nSPS) is 17.9. The summed E-state index contributed by atoms with van der Waals surface area (Å²) in [7, 11) is 1.54. The second-order valence-electron chi connectivity index (χ2n) is 8.98. The highest BCUT2D eigenvalue weighted by Gasteiger charge is 2.47. The van der Waals surface area contributed by atoms with Crippen LogP contribution in [-0.2, 0) is 15.0 Å². The molecule has 2 heterocycles. The molecular formula is C27H26N2O4. The largest absolute Gasteiger partial charge is 0.507 e. The maximum atomic E-state index is 13.2. The minimum atomic E-state index is -0.792. The van der Waals surface area contributed by atoms with Gasteiger partial charge in [-0.05, 0) is 40.8 Å². The van der Waals surface area contributed by atoms with Crippen LogP contribution in [-0.4, -0.2) is 28.9 Å². The van der Waals surface area contributed by atoms with Gasteiger partial charge < -0.3 is 9.84 Å². The van der Waals surface area contributed by atoms with Crippen LogP contribution in [0.5, 0.6) is 5.75 Å². The zero-order valence-electron chi connectivity index (χ0n) is 19.1. The van der Waals surface area contributed by atoms with Gasteiger partial charge in [0, 0.05) is 29.7 Å². The molecule has 1 fully saturated rings. The molecule has 4 rings (SSSR count). The Labute approximate surface area is 193 Å². The predicted molar refractivity (Wildman–Crippen MR) is 127 cm³/mol. The maximum absolute atomic E-state index is 13.2. The fourth-order valence-corrected chi connectivity index (χ4v) is 4.01. The highest BCUT2D eigenvalue weighted by Crippen LogP contribution is 2.43. The van der Waals surface area contributed by atoms with Crippen molar-refractivity contribution in [2.75, 3.05) is 12.0 Å². The van der Waals surface area contributed by atoms with Crippen LogP contribution < -0.4 is 9.64 Å². The molecule has 1 saturated heterocycles. The number of carbonyl (C=O) groups excluding carboxylic acids is 2. The van der Waals surface area contributed by atoms with Crippen LogP contribution in [0.15, 0.2) is 78.6 Å². The minimum absolute atomic E-state index is 0.0394. The quantitative estimate of drug-likeness (QED) is 0.349. The first kappa shape index (κ1) is 22.3. The molecule has 2 aromatic carbocycles. The number of ketones is 1. The van der Waals surface area contributed by atoms with Gasteiger partial charge in [0.15, 0.2) is 0 Å². The first-order chi connectivity index (χ1) is 15.7. The number of Topliss-reactive ketones (excluding diaryl/α,β-unsaturated/α-hetero) is 1. The van der Waals surface area contributed by atoms with Crippen LogP contribution in [0.3, 0.4) is 0 Å². The van der Waals surface area contributed by atoms with Crippen molar-refractivity contribution in [1.82, 2.24) is 4.98 Å². The summed E-state index contributed by atoms with van der Waals surface area (Å²) in [5.74, 6) is -1.11. The number of benzene rings is 2. The maximum Gasteiger partial charge on any atom is 0.300 e. The topological polar surface area (TPSA) is 79.7 Å². The molecule has 1 N–H and O–H groups in total. The van der Waals surface area contributed by atoms with Gasteiger partial charge in [0.25, 0.3) is 11.7 Å². The predicted octanol–water partition coefficient (Wildman–Crippen LogP) is 5.01. The van der Waals surface area contributed by atoms with Crippen molar-refractivity contribution in [2.45, 2.75) is 32.2 Å². The number of nitrogens with zero attached hydrogens (tertiary/aromatic N) is 2. The summed E-state index contributed by atoms with van der Waals surface area (Å²) in [6.07, 6.45) is 3.06. The third-order valence-electron chi connectivity index (χ3n) is 5.82. The smallest absolute Gasteiger partial charge is 0.300 e. The van der Waals surface area contributed by atoms with Crippen molar-refractivity contribution in [1.29, 1.82) is 0 Å². The number of methoxy groups -OCH3 is 1. The molecule has 1 aromatic heterocycles. The Morgan fingerprint density at radius 2 is 1.67 bits per heavy atom. The molecule has 33 heavy (non-hydrogen) atoms. The zero-order chi connectivity index (χ0) is 23.8. The van der Waals surface area contributed by atoms with E-state index < -0.39 is 17.7 Å². The molecule has 0 saturated carbocycles. The van der Waals surface area contributed by atoms with Crippen molar-refractivity contribution >= 4 is 23.1 Å². The number of pyridine rings is 1. The molecule has 1 aliphatic heterocycles. The molecular weight excluding hydrogens is 416 g/mol. The summed E-state index contributed by atoms with van der Waals surface area (Å²) in [5, 5.41) is 11.1. The van der Waals surface area contributed by atoms with E-state index >= 15 is 0 Å². The summed E-state index contributed by atoms with van der Waals surface area (Å²) in [4.78, 5) is 31.8. The molecule has 1 amide bonds. The summed E-state index contributed by atoms with van der Waals surface area (Å²) < 4.78 is 5.32. The number of ether oxygens (including phenoxy) is 1. The van der Waals surface area contributed by atoms with Gasteiger partial charge in [-0.25, -0.2) is 0 Å². The first-order valence-electron chi connectivity index (χ1n) is 10.7. The number of hydrogen-bond donors (Lipinski definition) is 1. The molecule has 0 spiro atoms. The lowest BCUT2D eigenvalue weighted by molar-refractivity contribution is -0.132. The fourth-order valence-electron chi connectivity index (χ4n) is 4.01. The minimum Gasteiger partial charge on any atom is -0.507 e. The van der Waals surface area contributed by atoms with E-state index in [1.807, 2.05) is 24.3 Å².